The zero-order valence-corrected chi connectivity index (χ0v) is 8.05. The van der Waals surface area contributed by atoms with Crippen LogP contribution in [0.25, 0.3) is 0 Å². The molecule has 0 aliphatic rings. The van der Waals surface area contributed by atoms with Gasteiger partial charge in [-0.1, -0.05) is 0 Å². The second-order valence-corrected chi connectivity index (χ2v) is 4.65. The Kier molecular flexibility index (Phi) is 6.02. The van der Waals surface area contributed by atoms with Gasteiger partial charge < -0.3 is 0 Å². The normalized spacial score (nSPS) is 9.14. The molecule has 0 saturated heterocycles. The molecule has 0 N–H and O–H groups in total. The second kappa shape index (κ2) is 6.01. The standard InChI is InChI=1S/C3H5.CO2.Sn.2H/c1-3-2;2-1-3;;;/h3H,1-2H2;;;;/q;-1;+1;;. The van der Waals surface area contributed by atoms with Crippen LogP contribution in [0.1, 0.15) is 0 Å². The Morgan fingerprint density at radius 2 is 2.71 bits per heavy atom. The van der Waals surface area contributed by atoms with E-state index in [0.717, 1.165) is 4.44 Å². The molecule has 0 bridgehead atoms. The molecule has 39 valence electrons. The van der Waals surface area contributed by atoms with Crippen LogP contribution < -0.4 is 0 Å². The summed E-state index contributed by atoms with van der Waals surface area (Å²) in [6.45, 7) is 4.87. The van der Waals surface area contributed by atoms with E-state index in [1.165, 1.54) is 6.47 Å². The molecule has 0 aromatic rings. The molecule has 0 aliphatic carbocycles. The van der Waals surface area contributed by atoms with Gasteiger partial charge >= 0.3 is 53.0 Å². The molecule has 1 radical (unpaired) electrons. The van der Waals surface area contributed by atoms with E-state index in [0.29, 0.717) is 0 Å². The molecule has 0 amide bonds. The van der Waals surface area contributed by atoms with Crippen molar-refractivity contribution in [1.82, 2.24) is 0 Å². The maximum absolute atomic E-state index is 9.35. The fourth-order valence-corrected chi connectivity index (χ4v) is 1.23. The Labute approximate surface area is 53.3 Å². The third-order valence-electron chi connectivity index (χ3n) is 0.483. The summed E-state index contributed by atoms with van der Waals surface area (Å²) in [6.07, 6.45) is 1.77. The molecule has 0 aromatic heterocycles. The van der Waals surface area contributed by atoms with Crippen LogP contribution in [0.2, 0.25) is 4.44 Å². The minimum absolute atomic E-state index is 0.914. The Hall–Kier alpha value is 0.00870. The van der Waals surface area contributed by atoms with E-state index >= 15 is 0 Å². The van der Waals surface area contributed by atoms with E-state index in [9.17, 15) is 4.79 Å². The Morgan fingerprint density at radius 1 is 2.00 bits per heavy atom. The van der Waals surface area contributed by atoms with Gasteiger partial charge in [-0.3, -0.25) is 0 Å². The summed E-state index contributed by atoms with van der Waals surface area (Å²) >= 11 is -1.16. The van der Waals surface area contributed by atoms with Crippen LogP contribution in [-0.2, 0) is 7.87 Å². The number of carbonyl (C=O) groups excluding carboxylic acids is 1. The maximum atomic E-state index is 9.35. The predicted octanol–water partition coefficient (Wildman–Crippen LogP) is -0.242. The van der Waals surface area contributed by atoms with Crippen molar-refractivity contribution in [3.05, 3.63) is 12.7 Å². The summed E-state index contributed by atoms with van der Waals surface area (Å²) in [7, 11) is 0. The summed E-state index contributed by atoms with van der Waals surface area (Å²) in [5.74, 6) is 0. The van der Waals surface area contributed by atoms with Crippen LogP contribution in [0.5, 0.6) is 0 Å². The zero-order valence-electron chi connectivity index (χ0n) is 4.02. The molecule has 0 aliphatic heterocycles. The number of rotatable bonds is 4. The number of allylic oxidation sites excluding steroid dienone is 1. The summed E-state index contributed by atoms with van der Waals surface area (Å²) in [5.41, 5.74) is 0. The van der Waals surface area contributed by atoms with Crippen molar-refractivity contribution in [2.24, 2.45) is 0 Å². The van der Waals surface area contributed by atoms with Gasteiger partial charge in [0.15, 0.2) is 0 Å². The van der Waals surface area contributed by atoms with Gasteiger partial charge in [-0.2, -0.15) is 0 Å². The van der Waals surface area contributed by atoms with E-state index in [1.54, 1.807) is 6.08 Å². The third kappa shape index (κ3) is 6.01. The molecule has 0 aromatic carbocycles. The SMILES string of the molecule is C=C[CH2][SnH2][O][C]=O. The fraction of sp³-hybridized carbons (Fsp3) is 0.250. The van der Waals surface area contributed by atoms with Gasteiger partial charge in [-0.25, -0.2) is 0 Å². The monoisotopic (exact) mass is 207 g/mol. The first-order valence-corrected chi connectivity index (χ1v) is 6.52. The van der Waals surface area contributed by atoms with E-state index < -0.39 is 21.6 Å². The molecule has 0 saturated carbocycles. The molecule has 0 rings (SSSR count). The van der Waals surface area contributed by atoms with Crippen LogP contribution in [-0.4, -0.2) is 28.0 Å². The van der Waals surface area contributed by atoms with Crippen LogP contribution >= 0.6 is 0 Å². The van der Waals surface area contributed by atoms with E-state index in [1.807, 2.05) is 0 Å². The first kappa shape index (κ1) is 7.01. The molecule has 0 fully saturated rings. The van der Waals surface area contributed by atoms with Gasteiger partial charge in [0.1, 0.15) is 0 Å². The van der Waals surface area contributed by atoms with E-state index in [-0.39, 0.29) is 0 Å². The van der Waals surface area contributed by atoms with Gasteiger partial charge in [-0.15, -0.1) is 0 Å². The van der Waals surface area contributed by atoms with Crippen LogP contribution in [0, 0.1) is 0 Å². The molecule has 0 unspecified atom stereocenters. The zero-order chi connectivity index (χ0) is 5.54. The Morgan fingerprint density at radius 3 is 3.14 bits per heavy atom. The van der Waals surface area contributed by atoms with Gasteiger partial charge in [0.25, 0.3) is 0 Å². The number of hydrogen-bond acceptors (Lipinski definition) is 2. The summed E-state index contributed by atoms with van der Waals surface area (Å²) in [6, 6.07) is 0. The fourth-order valence-electron chi connectivity index (χ4n) is 0.184. The van der Waals surface area contributed by atoms with E-state index in [2.05, 4.69) is 9.65 Å². The second-order valence-electron chi connectivity index (χ2n) is 1.01. The first-order valence-electron chi connectivity index (χ1n) is 2.01. The molecule has 0 heterocycles. The molecule has 0 spiro atoms. The van der Waals surface area contributed by atoms with Crippen LogP contribution in [0.4, 0.5) is 0 Å². The third-order valence-corrected chi connectivity index (χ3v) is 3.24. The van der Waals surface area contributed by atoms with Crippen molar-refractivity contribution >= 4 is 28.0 Å². The average molecular weight is 206 g/mol. The van der Waals surface area contributed by atoms with Gasteiger partial charge in [-0.05, 0) is 0 Å². The van der Waals surface area contributed by atoms with Gasteiger partial charge in [0, 0.05) is 0 Å². The number of hydrogen-bond donors (Lipinski definition) is 0. The van der Waals surface area contributed by atoms with Crippen molar-refractivity contribution in [2.75, 3.05) is 0 Å². The molecular formula is C4H7O2Sn. The van der Waals surface area contributed by atoms with Crippen molar-refractivity contribution in [3.63, 3.8) is 0 Å². The Bertz CT molecular complexity index is 54.7. The molecule has 0 atom stereocenters. The Balaban J connectivity index is 2.68. The van der Waals surface area contributed by atoms with Gasteiger partial charge in [0.2, 0.25) is 0 Å². The first-order chi connectivity index (χ1) is 3.41. The topological polar surface area (TPSA) is 26.3 Å². The van der Waals surface area contributed by atoms with Crippen LogP contribution in [0.3, 0.4) is 0 Å². The predicted molar refractivity (Wildman–Crippen MR) is 30.3 cm³/mol. The molecule has 3 heteroatoms. The molecular weight excluding hydrogens is 199 g/mol. The minimum atomic E-state index is -1.16. The summed E-state index contributed by atoms with van der Waals surface area (Å²) < 4.78 is 5.32. The van der Waals surface area contributed by atoms with Crippen molar-refractivity contribution in [2.45, 2.75) is 4.44 Å². The van der Waals surface area contributed by atoms with Crippen LogP contribution in [0.15, 0.2) is 12.7 Å². The molecule has 2 nitrogen and oxygen atoms in total. The quantitative estimate of drug-likeness (QED) is 0.360. The summed E-state index contributed by atoms with van der Waals surface area (Å²) in [5, 5.41) is 0. The van der Waals surface area contributed by atoms with Crippen molar-refractivity contribution < 1.29 is 7.87 Å². The van der Waals surface area contributed by atoms with Crippen molar-refractivity contribution in [1.29, 1.82) is 0 Å². The average Bonchev–Trinajstić information content (AvgIpc) is 1.69. The van der Waals surface area contributed by atoms with Gasteiger partial charge in [0.05, 0.1) is 0 Å². The van der Waals surface area contributed by atoms with E-state index in [4.69, 9.17) is 0 Å². The summed E-state index contributed by atoms with van der Waals surface area (Å²) in [4.78, 5) is 9.35. The van der Waals surface area contributed by atoms with Crippen molar-refractivity contribution in [3.8, 4) is 0 Å². The molecule has 7 heavy (non-hydrogen) atoms.